The van der Waals surface area contributed by atoms with Gasteiger partial charge in [0.25, 0.3) is 0 Å². The zero-order chi connectivity index (χ0) is 12.5. The molecule has 2 aromatic rings. The highest BCUT2D eigenvalue weighted by Crippen LogP contribution is 2.37. The predicted molar refractivity (Wildman–Crippen MR) is 77.6 cm³/mol. The molecule has 1 atom stereocenters. The van der Waals surface area contributed by atoms with E-state index in [4.69, 9.17) is 5.73 Å². The minimum atomic E-state index is 0.206. The summed E-state index contributed by atoms with van der Waals surface area (Å²) in [5.41, 5.74) is 9.19. The van der Waals surface area contributed by atoms with Crippen LogP contribution in [0.5, 0.6) is 0 Å². The first-order valence-corrected chi connectivity index (χ1v) is 7.01. The van der Waals surface area contributed by atoms with Gasteiger partial charge in [-0.15, -0.1) is 0 Å². The molecule has 2 aromatic carbocycles. The van der Waals surface area contributed by atoms with Crippen LogP contribution in [0.3, 0.4) is 0 Å². The number of aryl methyl sites for hydroxylation is 1. The zero-order valence-electron chi connectivity index (χ0n) is 11.0. The van der Waals surface area contributed by atoms with Crippen molar-refractivity contribution in [2.75, 3.05) is 0 Å². The second-order valence-electron chi connectivity index (χ2n) is 5.59. The van der Waals surface area contributed by atoms with Crippen LogP contribution >= 0.6 is 0 Å². The van der Waals surface area contributed by atoms with Crippen LogP contribution in [0.1, 0.15) is 42.9 Å². The molecular weight excluding hydrogens is 218 g/mol. The molecule has 1 nitrogen and oxygen atoms in total. The predicted octanol–water partition coefficient (Wildman–Crippen LogP) is 4.34. The van der Waals surface area contributed by atoms with Crippen molar-refractivity contribution in [2.24, 2.45) is 11.7 Å². The Morgan fingerprint density at radius 2 is 1.67 bits per heavy atom. The number of hydrogen-bond acceptors (Lipinski definition) is 1. The molecule has 0 amide bonds. The normalized spacial score (nSPS) is 18.3. The van der Waals surface area contributed by atoms with Gasteiger partial charge in [-0.2, -0.15) is 0 Å². The van der Waals surface area contributed by atoms with Crippen molar-refractivity contribution >= 4 is 10.8 Å². The van der Waals surface area contributed by atoms with Gasteiger partial charge in [-0.25, -0.2) is 0 Å². The summed E-state index contributed by atoms with van der Waals surface area (Å²) in [7, 11) is 0. The molecule has 3 rings (SSSR count). The lowest BCUT2D eigenvalue weighted by atomic mass is 9.88. The molecule has 1 aliphatic carbocycles. The molecule has 0 spiro atoms. The first kappa shape index (κ1) is 11.7. The smallest absolute Gasteiger partial charge is 0.0329 e. The third-order valence-electron chi connectivity index (χ3n) is 4.44. The van der Waals surface area contributed by atoms with E-state index in [0.717, 1.165) is 0 Å². The van der Waals surface area contributed by atoms with Gasteiger partial charge in [-0.1, -0.05) is 49.2 Å². The molecular formula is C17H21N. The molecule has 0 aliphatic heterocycles. The molecule has 0 bridgehead atoms. The summed E-state index contributed by atoms with van der Waals surface area (Å²) in [5, 5.41) is 2.69. The average Bonchev–Trinajstić information content (AvgIpc) is 2.93. The third-order valence-corrected chi connectivity index (χ3v) is 4.44. The van der Waals surface area contributed by atoms with Crippen molar-refractivity contribution in [2.45, 2.75) is 38.6 Å². The zero-order valence-corrected chi connectivity index (χ0v) is 11.0. The molecule has 2 N–H and O–H groups in total. The molecule has 0 heterocycles. The fourth-order valence-corrected chi connectivity index (χ4v) is 3.33. The van der Waals surface area contributed by atoms with Crippen LogP contribution in [0, 0.1) is 12.8 Å². The summed E-state index contributed by atoms with van der Waals surface area (Å²) in [4.78, 5) is 0. The van der Waals surface area contributed by atoms with Crippen LogP contribution in [0.15, 0.2) is 36.4 Å². The van der Waals surface area contributed by atoms with E-state index in [9.17, 15) is 0 Å². The van der Waals surface area contributed by atoms with Crippen LogP contribution in [0.2, 0.25) is 0 Å². The quantitative estimate of drug-likeness (QED) is 0.829. The molecule has 18 heavy (non-hydrogen) atoms. The average molecular weight is 239 g/mol. The van der Waals surface area contributed by atoms with E-state index in [1.165, 1.54) is 47.6 Å². The Bertz CT molecular complexity index is 553. The number of rotatable bonds is 2. The maximum Gasteiger partial charge on any atom is 0.0329 e. The highest BCUT2D eigenvalue weighted by atomic mass is 14.7. The van der Waals surface area contributed by atoms with E-state index >= 15 is 0 Å². The molecule has 1 fully saturated rings. The SMILES string of the molecule is Cc1ccc(C(N)C2CCCC2)c2ccccc12. The van der Waals surface area contributed by atoms with Crippen molar-refractivity contribution in [1.29, 1.82) is 0 Å². The second-order valence-corrected chi connectivity index (χ2v) is 5.59. The topological polar surface area (TPSA) is 26.0 Å². The molecule has 0 saturated heterocycles. The van der Waals surface area contributed by atoms with Crippen molar-refractivity contribution in [3.63, 3.8) is 0 Å². The van der Waals surface area contributed by atoms with Gasteiger partial charge >= 0.3 is 0 Å². The minimum Gasteiger partial charge on any atom is -0.324 e. The lowest BCUT2D eigenvalue weighted by Crippen LogP contribution is -2.19. The molecule has 94 valence electrons. The molecule has 0 aromatic heterocycles. The van der Waals surface area contributed by atoms with E-state index in [1.807, 2.05) is 0 Å². The fraction of sp³-hybridized carbons (Fsp3) is 0.412. The minimum absolute atomic E-state index is 0.206. The molecule has 1 saturated carbocycles. The summed E-state index contributed by atoms with van der Waals surface area (Å²) in [6, 6.07) is 13.3. The molecule has 1 aliphatic rings. The van der Waals surface area contributed by atoms with Gasteiger partial charge in [0.2, 0.25) is 0 Å². The highest BCUT2D eigenvalue weighted by molar-refractivity contribution is 5.88. The van der Waals surface area contributed by atoms with Crippen molar-refractivity contribution in [1.82, 2.24) is 0 Å². The van der Waals surface area contributed by atoms with Crippen LogP contribution in [0.4, 0.5) is 0 Å². The van der Waals surface area contributed by atoms with Crippen molar-refractivity contribution in [3.05, 3.63) is 47.5 Å². The van der Waals surface area contributed by atoms with Gasteiger partial charge in [0.1, 0.15) is 0 Å². The molecule has 0 radical (unpaired) electrons. The summed E-state index contributed by atoms with van der Waals surface area (Å²) >= 11 is 0. The van der Waals surface area contributed by atoms with E-state index < -0.39 is 0 Å². The largest absolute Gasteiger partial charge is 0.324 e. The van der Waals surface area contributed by atoms with Gasteiger partial charge in [0, 0.05) is 6.04 Å². The van der Waals surface area contributed by atoms with Crippen LogP contribution < -0.4 is 5.73 Å². The number of hydrogen-bond donors (Lipinski definition) is 1. The van der Waals surface area contributed by atoms with Crippen LogP contribution in [-0.2, 0) is 0 Å². The molecule has 1 unspecified atom stereocenters. The summed E-state index contributed by atoms with van der Waals surface area (Å²) in [5.74, 6) is 0.677. The lowest BCUT2D eigenvalue weighted by Gasteiger charge is -2.21. The first-order valence-electron chi connectivity index (χ1n) is 7.01. The van der Waals surface area contributed by atoms with Gasteiger partial charge < -0.3 is 5.73 Å². The Kier molecular flexibility index (Phi) is 3.09. The van der Waals surface area contributed by atoms with Gasteiger partial charge in [0.05, 0.1) is 0 Å². The van der Waals surface area contributed by atoms with Crippen LogP contribution in [0.25, 0.3) is 10.8 Å². The van der Waals surface area contributed by atoms with Gasteiger partial charge in [0.15, 0.2) is 0 Å². The number of nitrogens with two attached hydrogens (primary N) is 1. The van der Waals surface area contributed by atoms with Crippen LogP contribution in [-0.4, -0.2) is 0 Å². The van der Waals surface area contributed by atoms with Gasteiger partial charge in [-0.3, -0.25) is 0 Å². The highest BCUT2D eigenvalue weighted by Gasteiger charge is 2.24. The van der Waals surface area contributed by atoms with Gasteiger partial charge in [-0.05, 0) is 47.6 Å². The second kappa shape index (κ2) is 4.74. The Labute approximate surface area is 109 Å². The number of fused-ring (bicyclic) bond motifs is 1. The Morgan fingerprint density at radius 1 is 1.00 bits per heavy atom. The number of benzene rings is 2. The van der Waals surface area contributed by atoms with E-state index in [1.54, 1.807) is 0 Å². The lowest BCUT2D eigenvalue weighted by molar-refractivity contribution is 0.447. The maximum atomic E-state index is 6.52. The first-order chi connectivity index (χ1) is 8.77. The monoisotopic (exact) mass is 239 g/mol. The van der Waals surface area contributed by atoms with E-state index in [2.05, 4.69) is 43.3 Å². The van der Waals surface area contributed by atoms with Crippen molar-refractivity contribution < 1.29 is 0 Å². The Balaban J connectivity index is 2.08. The van der Waals surface area contributed by atoms with Crippen molar-refractivity contribution in [3.8, 4) is 0 Å². The summed E-state index contributed by atoms with van der Waals surface area (Å²) in [6.07, 6.45) is 5.29. The van der Waals surface area contributed by atoms with E-state index in [-0.39, 0.29) is 6.04 Å². The molecule has 1 heteroatoms. The Hall–Kier alpha value is -1.34. The fourth-order valence-electron chi connectivity index (χ4n) is 3.33. The summed E-state index contributed by atoms with van der Waals surface area (Å²) in [6.45, 7) is 2.17. The van der Waals surface area contributed by atoms with E-state index in [0.29, 0.717) is 5.92 Å². The standard InChI is InChI=1S/C17H21N/c1-12-10-11-16(15-9-5-4-8-14(12)15)17(18)13-6-2-3-7-13/h4-5,8-11,13,17H,2-3,6-7,18H2,1H3. The Morgan fingerprint density at radius 3 is 2.39 bits per heavy atom. The summed E-state index contributed by atoms with van der Waals surface area (Å²) < 4.78 is 0. The maximum absolute atomic E-state index is 6.52. The third kappa shape index (κ3) is 1.93.